The Hall–Kier alpha value is -2.71. The van der Waals surface area contributed by atoms with Gasteiger partial charge in [0, 0.05) is 48.9 Å². The third kappa shape index (κ3) is 6.88. The maximum Gasteiger partial charge on any atom is 0.259 e. The van der Waals surface area contributed by atoms with E-state index in [9.17, 15) is 9.59 Å². The molecule has 0 saturated carbocycles. The van der Waals surface area contributed by atoms with E-state index in [-0.39, 0.29) is 23.5 Å². The Kier molecular flexibility index (Phi) is 9.45. The van der Waals surface area contributed by atoms with Gasteiger partial charge < -0.3 is 24.5 Å². The number of fused-ring (bicyclic) bond motifs is 1. The number of aryl methyl sites for hydroxylation is 1. The van der Waals surface area contributed by atoms with Crippen LogP contribution in [0.2, 0.25) is 5.02 Å². The highest BCUT2D eigenvalue weighted by molar-refractivity contribution is 6.30. The third-order valence-electron chi connectivity index (χ3n) is 5.31. The predicted molar refractivity (Wildman–Crippen MR) is 129 cm³/mol. The van der Waals surface area contributed by atoms with Crippen LogP contribution in [0.4, 0.5) is 0 Å². The Labute approximate surface area is 197 Å². The number of H-pyrrole nitrogens is 1. The molecule has 1 amide bonds. The maximum atomic E-state index is 13.4. The number of aliphatic hydroxyl groups is 1. The number of aromatic nitrogens is 1. The molecule has 3 aromatic rings. The highest BCUT2D eigenvalue weighted by Gasteiger charge is 2.20. The van der Waals surface area contributed by atoms with E-state index in [1.807, 2.05) is 24.3 Å². The van der Waals surface area contributed by atoms with Crippen LogP contribution in [0.15, 0.2) is 53.5 Å². The first-order chi connectivity index (χ1) is 16.0. The van der Waals surface area contributed by atoms with Gasteiger partial charge in [-0.25, -0.2) is 0 Å². The van der Waals surface area contributed by atoms with Crippen molar-refractivity contribution >= 4 is 28.4 Å². The van der Waals surface area contributed by atoms with Gasteiger partial charge in [0.25, 0.3) is 5.91 Å². The number of pyridine rings is 1. The Morgan fingerprint density at radius 3 is 2.58 bits per heavy atom. The van der Waals surface area contributed by atoms with Crippen molar-refractivity contribution in [2.45, 2.75) is 19.4 Å². The summed E-state index contributed by atoms with van der Waals surface area (Å²) in [4.78, 5) is 31.3. The van der Waals surface area contributed by atoms with Crippen molar-refractivity contribution in [2.24, 2.45) is 0 Å². The van der Waals surface area contributed by atoms with Crippen LogP contribution in [-0.2, 0) is 22.4 Å². The number of aromatic amines is 1. The molecule has 0 spiro atoms. The van der Waals surface area contributed by atoms with E-state index in [0.717, 1.165) is 11.1 Å². The molecule has 3 rings (SSSR count). The molecule has 0 atom stereocenters. The highest BCUT2D eigenvalue weighted by Crippen LogP contribution is 2.16. The number of ether oxygens (including phenoxy) is 2. The molecule has 0 aliphatic rings. The molecule has 2 aromatic carbocycles. The molecular weight excluding hydrogens is 444 g/mol. The van der Waals surface area contributed by atoms with E-state index in [1.165, 1.54) is 6.20 Å². The summed E-state index contributed by atoms with van der Waals surface area (Å²) in [6.45, 7) is 1.93. The number of halogens is 1. The fraction of sp³-hybridized carbons (Fsp3) is 0.360. The second kappa shape index (κ2) is 12.5. The smallest absolute Gasteiger partial charge is 0.259 e. The van der Waals surface area contributed by atoms with Crippen LogP contribution in [0.25, 0.3) is 10.9 Å². The van der Waals surface area contributed by atoms with Crippen LogP contribution >= 0.6 is 11.6 Å². The van der Waals surface area contributed by atoms with Gasteiger partial charge in [-0.05, 0) is 48.2 Å². The van der Waals surface area contributed by atoms with Crippen molar-refractivity contribution in [3.63, 3.8) is 0 Å². The van der Waals surface area contributed by atoms with Crippen molar-refractivity contribution in [3.8, 4) is 0 Å². The topological polar surface area (TPSA) is 91.9 Å². The largest absolute Gasteiger partial charge is 0.396 e. The van der Waals surface area contributed by atoms with Crippen molar-refractivity contribution in [1.29, 1.82) is 0 Å². The first kappa shape index (κ1) is 24.9. The molecule has 0 bridgehead atoms. The van der Waals surface area contributed by atoms with Gasteiger partial charge in [0.15, 0.2) is 0 Å². The van der Waals surface area contributed by atoms with Crippen LogP contribution in [0.3, 0.4) is 0 Å². The molecule has 0 unspecified atom stereocenters. The van der Waals surface area contributed by atoms with Crippen LogP contribution in [0, 0.1) is 0 Å². The summed E-state index contributed by atoms with van der Waals surface area (Å²) in [5.74, 6) is -0.371. The van der Waals surface area contributed by atoms with E-state index in [2.05, 4.69) is 4.98 Å². The van der Waals surface area contributed by atoms with Gasteiger partial charge in [-0.15, -0.1) is 0 Å². The monoisotopic (exact) mass is 472 g/mol. The van der Waals surface area contributed by atoms with Crippen LogP contribution in [-0.4, -0.2) is 61.0 Å². The van der Waals surface area contributed by atoms with Crippen molar-refractivity contribution in [3.05, 3.63) is 80.6 Å². The number of nitrogens with zero attached hydrogens (tertiary/aromatic N) is 1. The SMILES string of the molecule is COCCOCCN(Cc1ccc(Cl)cc1)C(=O)c1c[nH]c2ccc(CCCO)cc2c1=O. The molecule has 0 aliphatic heterocycles. The Morgan fingerprint density at radius 1 is 1.09 bits per heavy atom. The highest BCUT2D eigenvalue weighted by atomic mass is 35.5. The van der Waals surface area contributed by atoms with Crippen LogP contribution in [0.5, 0.6) is 0 Å². The fourth-order valence-corrected chi connectivity index (χ4v) is 3.64. The van der Waals surface area contributed by atoms with Gasteiger partial charge in [-0.1, -0.05) is 29.8 Å². The standard InChI is InChI=1S/C25H29ClN2O5/c1-32-13-14-33-12-10-28(17-19-4-7-20(26)8-5-19)25(31)22-16-27-23-9-6-18(3-2-11-29)15-21(23)24(22)30/h4-9,15-16,29H,2-3,10-14,17H2,1H3,(H,27,30). The lowest BCUT2D eigenvalue weighted by atomic mass is 10.0. The van der Waals surface area contributed by atoms with Gasteiger partial charge in [0.1, 0.15) is 5.56 Å². The molecule has 7 nitrogen and oxygen atoms in total. The average molecular weight is 473 g/mol. The molecule has 0 aliphatic carbocycles. The summed E-state index contributed by atoms with van der Waals surface area (Å²) < 4.78 is 10.5. The summed E-state index contributed by atoms with van der Waals surface area (Å²) in [5.41, 5.74) is 2.26. The molecule has 0 saturated heterocycles. The van der Waals surface area contributed by atoms with Gasteiger partial charge in [-0.3, -0.25) is 9.59 Å². The molecule has 0 radical (unpaired) electrons. The molecule has 1 aromatic heterocycles. The third-order valence-corrected chi connectivity index (χ3v) is 5.56. The average Bonchev–Trinajstić information content (AvgIpc) is 2.83. The lowest BCUT2D eigenvalue weighted by Gasteiger charge is -2.23. The summed E-state index contributed by atoms with van der Waals surface area (Å²) in [6.07, 6.45) is 2.74. The second-order valence-electron chi connectivity index (χ2n) is 7.70. The minimum atomic E-state index is -0.371. The first-order valence-corrected chi connectivity index (χ1v) is 11.3. The van der Waals surface area contributed by atoms with Crippen molar-refractivity contribution in [1.82, 2.24) is 9.88 Å². The van der Waals surface area contributed by atoms with Crippen molar-refractivity contribution < 1.29 is 19.4 Å². The molecule has 1 heterocycles. The van der Waals surface area contributed by atoms with Gasteiger partial charge in [-0.2, -0.15) is 0 Å². The number of rotatable bonds is 12. The molecular formula is C25H29ClN2O5. The van der Waals surface area contributed by atoms with E-state index < -0.39 is 0 Å². The van der Waals surface area contributed by atoms with Gasteiger partial charge in [0.2, 0.25) is 5.43 Å². The van der Waals surface area contributed by atoms with E-state index in [4.69, 9.17) is 26.2 Å². The number of carbonyl (C=O) groups is 1. The number of methoxy groups -OCH3 is 1. The quantitative estimate of drug-likeness (QED) is 0.394. The molecule has 0 fully saturated rings. The molecule has 2 N–H and O–H groups in total. The number of nitrogens with one attached hydrogen (secondary N) is 1. The minimum absolute atomic E-state index is 0.0765. The second-order valence-corrected chi connectivity index (χ2v) is 8.13. The van der Waals surface area contributed by atoms with E-state index >= 15 is 0 Å². The zero-order valence-corrected chi connectivity index (χ0v) is 19.4. The summed E-state index contributed by atoms with van der Waals surface area (Å²) in [7, 11) is 1.60. The van der Waals surface area contributed by atoms with Crippen LogP contribution in [0.1, 0.15) is 27.9 Å². The number of amides is 1. The first-order valence-electron chi connectivity index (χ1n) is 10.9. The zero-order chi connectivity index (χ0) is 23.6. The summed E-state index contributed by atoms with van der Waals surface area (Å²) in [5, 5.41) is 10.2. The number of hydrogen-bond donors (Lipinski definition) is 2. The zero-order valence-electron chi connectivity index (χ0n) is 18.7. The van der Waals surface area contributed by atoms with Crippen molar-refractivity contribution in [2.75, 3.05) is 40.1 Å². The van der Waals surface area contributed by atoms with E-state index in [1.54, 1.807) is 30.2 Å². The normalized spacial score (nSPS) is 11.1. The number of aliphatic hydroxyl groups excluding tert-OH is 1. The Bertz CT molecular complexity index is 1110. The maximum absolute atomic E-state index is 13.4. The lowest BCUT2D eigenvalue weighted by Crippen LogP contribution is -2.36. The number of benzene rings is 2. The van der Waals surface area contributed by atoms with Gasteiger partial charge >= 0.3 is 0 Å². The lowest BCUT2D eigenvalue weighted by molar-refractivity contribution is 0.0476. The summed E-state index contributed by atoms with van der Waals surface area (Å²) in [6, 6.07) is 12.8. The Morgan fingerprint density at radius 2 is 1.85 bits per heavy atom. The molecule has 176 valence electrons. The Balaban J connectivity index is 1.86. The molecule has 8 heteroatoms. The van der Waals surface area contributed by atoms with Gasteiger partial charge in [0.05, 0.1) is 19.8 Å². The molecule has 33 heavy (non-hydrogen) atoms. The fourth-order valence-electron chi connectivity index (χ4n) is 3.52. The number of hydrogen-bond acceptors (Lipinski definition) is 5. The van der Waals surface area contributed by atoms with Crippen LogP contribution < -0.4 is 5.43 Å². The van der Waals surface area contributed by atoms with E-state index in [0.29, 0.717) is 61.7 Å². The minimum Gasteiger partial charge on any atom is -0.396 e. The number of carbonyl (C=O) groups excluding carboxylic acids is 1. The predicted octanol–water partition coefficient (Wildman–Crippen LogP) is 3.41. The summed E-state index contributed by atoms with van der Waals surface area (Å²) >= 11 is 5.99.